The molecule has 0 heterocycles. The molecule has 2 heteroatoms. The molecule has 0 aliphatic carbocycles. The van der Waals surface area contributed by atoms with E-state index in [1.165, 1.54) is 5.56 Å². The lowest BCUT2D eigenvalue weighted by Gasteiger charge is -2.20. The van der Waals surface area contributed by atoms with Crippen molar-refractivity contribution >= 4 is 33.4 Å². The molecule has 0 aromatic heterocycles. The minimum absolute atomic E-state index is 1.09. The molecule has 3 aromatic carbocycles. The lowest BCUT2D eigenvalue weighted by molar-refractivity contribution is 1.29. The van der Waals surface area contributed by atoms with Gasteiger partial charge in [-0.05, 0) is 48.0 Å². The van der Waals surface area contributed by atoms with Crippen molar-refractivity contribution in [2.45, 2.75) is 0 Å². The highest BCUT2D eigenvalue weighted by Gasteiger charge is 2.04. The minimum atomic E-state index is 1.09. The van der Waals surface area contributed by atoms with Gasteiger partial charge in [-0.2, -0.15) is 0 Å². The monoisotopic (exact) mass is 349 g/mol. The van der Waals surface area contributed by atoms with Crippen molar-refractivity contribution in [2.75, 3.05) is 4.90 Å². The molecule has 0 saturated carbocycles. The Kier molecular flexibility index (Phi) is 4.71. The van der Waals surface area contributed by atoms with Crippen LogP contribution in [0.2, 0.25) is 0 Å². The maximum atomic E-state index is 3.46. The third-order valence-electron chi connectivity index (χ3n) is 3.35. The van der Waals surface area contributed by atoms with Crippen molar-refractivity contribution in [3.63, 3.8) is 0 Å². The maximum absolute atomic E-state index is 3.46. The van der Waals surface area contributed by atoms with E-state index in [4.69, 9.17) is 0 Å². The SMILES string of the molecule is Brc1ccc(C=CN(c2ccccc2)c2ccccc2)cc1. The Morgan fingerprint density at radius 1 is 0.636 bits per heavy atom. The molecule has 0 bridgehead atoms. The zero-order valence-corrected chi connectivity index (χ0v) is 13.6. The minimum Gasteiger partial charge on any atom is -0.317 e. The number of rotatable bonds is 4. The van der Waals surface area contributed by atoms with Gasteiger partial charge in [-0.3, -0.25) is 0 Å². The fourth-order valence-electron chi connectivity index (χ4n) is 2.23. The maximum Gasteiger partial charge on any atom is 0.0455 e. The van der Waals surface area contributed by atoms with Crippen LogP contribution in [-0.4, -0.2) is 0 Å². The van der Waals surface area contributed by atoms with E-state index in [2.05, 4.69) is 106 Å². The molecule has 0 radical (unpaired) electrons. The van der Waals surface area contributed by atoms with Crippen LogP contribution in [0.3, 0.4) is 0 Å². The van der Waals surface area contributed by atoms with Crippen molar-refractivity contribution < 1.29 is 0 Å². The highest BCUT2D eigenvalue weighted by molar-refractivity contribution is 9.10. The first-order chi connectivity index (χ1) is 10.8. The zero-order valence-electron chi connectivity index (χ0n) is 12.1. The summed E-state index contributed by atoms with van der Waals surface area (Å²) in [6.07, 6.45) is 4.22. The Morgan fingerprint density at radius 3 is 1.64 bits per heavy atom. The van der Waals surface area contributed by atoms with Crippen LogP contribution in [-0.2, 0) is 0 Å². The summed E-state index contributed by atoms with van der Waals surface area (Å²) in [6, 6.07) is 29.0. The number of para-hydroxylation sites is 2. The van der Waals surface area contributed by atoms with E-state index in [1.807, 2.05) is 12.1 Å². The van der Waals surface area contributed by atoms with E-state index in [1.54, 1.807) is 0 Å². The topological polar surface area (TPSA) is 3.24 Å². The van der Waals surface area contributed by atoms with Crippen LogP contribution in [0.15, 0.2) is 95.6 Å². The fraction of sp³-hybridized carbons (Fsp3) is 0. The molecule has 0 spiro atoms. The molecule has 1 nitrogen and oxygen atoms in total. The summed E-state index contributed by atoms with van der Waals surface area (Å²) < 4.78 is 1.09. The summed E-state index contributed by atoms with van der Waals surface area (Å²) in [6.45, 7) is 0. The summed E-state index contributed by atoms with van der Waals surface area (Å²) in [4.78, 5) is 2.18. The molecule has 0 fully saturated rings. The number of hydrogen-bond acceptors (Lipinski definition) is 1. The van der Waals surface area contributed by atoms with Gasteiger partial charge in [-0.1, -0.05) is 64.5 Å². The van der Waals surface area contributed by atoms with E-state index >= 15 is 0 Å². The summed E-state index contributed by atoms with van der Waals surface area (Å²) in [5.74, 6) is 0. The predicted octanol–water partition coefficient (Wildman–Crippen LogP) is 6.26. The molecular weight excluding hydrogens is 334 g/mol. The molecule has 0 atom stereocenters. The number of benzene rings is 3. The average molecular weight is 350 g/mol. The van der Waals surface area contributed by atoms with Crippen LogP contribution >= 0.6 is 15.9 Å². The van der Waals surface area contributed by atoms with Crippen LogP contribution < -0.4 is 4.90 Å². The molecule has 3 aromatic rings. The van der Waals surface area contributed by atoms with E-state index < -0.39 is 0 Å². The average Bonchev–Trinajstić information content (AvgIpc) is 2.59. The largest absolute Gasteiger partial charge is 0.317 e. The summed E-state index contributed by atoms with van der Waals surface area (Å²) in [5, 5.41) is 0. The molecule has 0 N–H and O–H groups in total. The summed E-state index contributed by atoms with van der Waals surface area (Å²) >= 11 is 3.46. The molecule has 3 rings (SSSR count). The van der Waals surface area contributed by atoms with E-state index in [0.717, 1.165) is 15.8 Å². The molecule has 0 aliphatic rings. The highest BCUT2D eigenvalue weighted by atomic mass is 79.9. The standard InChI is InChI=1S/C20H16BrN/c21-18-13-11-17(12-14-18)15-16-22(19-7-3-1-4-8-19)20-9-5-2-6-10-20/h1-16H. The quantitative estimate of drug-likeness (QED) is 0.537. The summed E-state index contributed by atoms with van der Waals surface area (Å²) in [7, 11) is 0. The first-order valence-corrected chi connectivity index (χ1v) is 7.95. The second-order valence-electron chi connectivity index (χ2n) is 4.91. The smallest absolute Gasteiger partial charge is 0.0455 e. The van der Waals surface area contributed by atoms with Crippen LogP contribution in [0.1, 0.15) is 5.56 Å². The van der Waals surface area contributed by atoms with Crippen LogP contribution in [0.25, 0.3) is 6.08 Å². The second-order valence-corrected chi connectivity index (χ2v) is 5.82. The number of hydrogen-bond donors (Lipinski definition) is 0. The third kappa shape index (κ3) is 3.66. The number of halogens is 1. The van der Waals surface area contributed by atoms with Crippen LogP contribution in [0, 0.1) is 0 Å². The van der Waals surface area contributed by atoms with Gasteiger partial charge in [0.2, 0.25) is 0 Å². The molecular formula is C20H16BrN. The van der Waals surface area contributed by atoms with Gasteiger partial charge >= 0.3 is 0 Å². The van der Waals surface area contributed by atoms with Crippen molar-refractivity contribution in [1.82, 2.24) is 0 Å². The van der Waals surface area contributed by atoms with Gasteiger partial charge in [0, 0.05) is 22.0 Å². The van der Waals surface area contributed by atoms with E-state index in [9.17, 15) is 0 Å². The Bertz CT molecular complexity index is 694. The van der Waals surface area contributed by atoms with Crippen LogP contribution in [0.5, 0.6) is 0 Å². The number of nitrogens with zero attached hydrogens (tertiary/aromatic N) is 1. The normalized spacial score (nSPS) is 10.8. The second kappa shape index (κ2) is 7.10. The van der Waals surface area contributed by atoms with Gasteiger partial charge in [-0.15, -0.1) is 0 Å². The third-order valence-corrected chi connectivity index (χ3v) is 3.88. The van der Waals surface area contributed by atoms with E-state index in [0.29, 0.717) is 0 Å². The first-order valence-electron chi connectivity index (χ1n) is 7.16. The predicted molar refractivity (Wildman–Crippen MR) is 98.2 cm³/mol. The van der Waals surface area contributed by atoms with Gasteiger partial charge in [-0.25, -0.2) is 0 Å². The molecule has 0 amide bonds. The van der Waals surface area contributed by atoms with E-state index in [-0.39, 0.29) is 0 Å². The first kappa shape index (κ1) is 14.6. The molecule has 22 heavy (non-hydrogen) atoms. The van der Waals surface area contributed by atoms with Gasteiger partial charge < -0.3 is 4.90 Å². The number of anilines is 2. The molecule has 0 aliphatic heterocycles. The van der Waals surface area contributed by atoms with Crippen molar-refractivity contribution in [1.29, 1.82) is 0 Å². The Balaban J connectivity index is 1.94. The van der Waals surface area contributed by atoms with Crippen molar-refractivity contribution in [3.05, 3.63) is 101 Å². The van der Waals surface area contributed by atoms with Crippen LogP contribution in [0.4, 0.5) is 11.4 Å². The van der Waals surface area contributed by atoms with Crippen molar-refractivity contribution in [2.24, 2.45) is 0 Å². The van der Waals surface area contributed by atoms with Gasteiger partial charge in [0.25, 0.3) is 0 Å². The van der Waals surface area contributed by atoms with Gasteiger partial charge in [0.05, 0.1) is 0 Å². The Hall–Kier alpha value is -2.32. The fourth-order valence-corrected chi connectivity index (χ4v) is 2.50. The zero-order chi connectivity index (χ0) is 15.2. The summed E-state index contributed by atoms with van der Waals surface area (Å²) in [5.41, 5.74) is 3.45. The van der Waals surface area contributed by atoms with Gasteiger partial charge in [0.1, 0.15) is 0 Å². The lowest BCUT2D eigenvalue weighted by atomic mass is 10.2. The molecule has 108 valence electrons. The molecule has 0 unspecified atom stereocenters. The highest BCUT2D eigenvalue weighted by Crippen LogP contribution is 2.25. The van der Waals surface area contributed by atoms with Crippen molar-refractivity contribution in [3.8, 4) is 0 Å². The molecule has 0 saturated heterocycles. The Morgan fingerprint density at radius 2 is 1.14 bits per heavy atom. The Labute approximate surface area is 139 Å². The van der Waals surface area contributed by atoms with Gasteiger partial charge in [0.15, 0.2) is 0 Å². The lowest BCUT2D eigenvalue weighted by Crippen LogP contribution is -2.07.